The molecule has 3 nitrogen and oxygen atoms in total. The summed E-state index contributed by atoms with van der Waals surface area (Å²) in [5.41, 5.74) is 2.25. The Kier molecular flexibility index (Phi) is 7.03. The molecule has 0 aromatic carbocycles. The Morgan fingerprint density at radius 3 is 2.68 bits per heavy atom. The highest BCUT2D eigenvalue weighted by atomic mass is 15.1. The number of rotatable bonds is 8. The third-order valence-corrected chi connectivity index (χ3v) is 3.55. The Hall–Kier alpha value is -0.930. The molecule has 0 radical (unpaired) electrons. The van der Waals surface area contributed by atoms with Crippen LogP contribution in [0.5, 0.6) is 0 Å². The second-order valence-corrected chi connectivity index (χ2v) is 5.63. The summed E-state index contributed by atoms with van der Waals surface area (Å²) in [6, 6.07) is 7.37. The molecule has 0 bridgehead atoms. The van der Waals surface area contributed by atoms with Gasteiger partial charge >= 0.3 is 0 Å². The SMILES string of the molecule is CCCNC(C)CC(C)N(C)Cc1cccc(C)n1. The molecule has 3 heteroatoms. The summed E-state index contributed by atoms with van der Waals surface area (Å²) in [5.74, 6) is 0. The molecule has 1 aromatic rings. The van der Waals surface area contributed by atoms with Crippen LogP contribution in [0, 0.1) is 6.92 Å². The van der Waals surface area contributed by atoms with Crippen molar-refractivity contribution < 1.29 is 0 Å². The highest BCUT2D eigenvalue weighted by Gasteiger charge is 2.13. The zero-order chi connectivity index (χ0) is 14.3. The zero-order valence-corrected chi connectivity index (χ0v) is 13.1. The second kappa shape index (κ2) is 8.28. The van der Waals surface area contributed by atoms with E-state index >= 15 is 0 Å². The second-order valence-electron chi connectivity index (χ2n) is 5.63. The topological polar surface area (TPSA) is 28.2 Å². The average Bonchev–Trinajstić information content (AvgIpc) is 2.36. The van der Waals surface area contributed by atoms with E-state index in [4.69, 9.17) is 0 Å². The fraction of sp³-hybridized carbons (Fsp3) is 0.688. The van der Waals surface area contributed by atoms with Crippen molar-refractivity contribution in [3.8, 4) is 0 Å². The third kappa shape index (κ3) is 6.17. The summed E-state index contributed by atoms with van der Waals surface area (Å²) in [6.07, 6.45) is 2.37. The van der Waals surface area contributed by atoms with E-state index in [0.29, 0.717) is 12.1 Å². The molecule has 19 heavy (non-hydrogen) atoms. The standard InChI is InChI=1S/C16H29N3/c1-6-10-17-14(3)11-15(4)19(5)12-16-9-7-8-13(2)18-16/h7-9,14-15,17H,6,10-12H2,1-5H3. The van der Waals surface area contributed by atoms with Gasteiger partial charge in [0.2, 0.25) is 0 Å². The predicted octanol–water partition coefficient (Wildman–Crippen LogP) is 2.99. The van der Waals surface area contributed by atoms with E-state index in [9.17, 15) is 0 Å². The van der Waals surface area contributed by atoms with Crippen molar-refractivity contribution in [1.29, 1.82) is 0 Å². The number of hydrogen-bond donors (Lipinski definition) is 1. The molecule has 0 fully saturated rings. The van der Waals surface area contributed by atoms with E-state index in [0.717, 1.165) is 24.5 Å². The summed E-state index contributed by atoms with van der Waals surface area (Å²) in [7, 11) is 2.18. The zero-order valence-electron chi connectivity index (χ0n) is 13.1. The van der Waals surface area contributed by atoms with Crippen molar-refractivity contribution in [2.75, 3.05) is 13.6 Å². The van der Waals surface area contributed by atoms with Gasteiger partial charge in [0.1, 0.15) is 0 Å². The Labute approximate surface area is 118 Å². The lowest BCUT2D eigenvalue weighted by atomic mass is 10.1. The molecular formula is C16H29N3. The van der Waals surface area contributed by atoms with Crippen molar-refractivity contribution in [2.45, 2.75) is 59.2 Å². The molecule has 0 aliphatic heterocycles. The summed E-state index contributed by atoms with van der Waals surface area (Å²) in [5, 5.41) is 3.55. The van der Waals surface area contributed by atoms with Crippen LogP contribution in [-0.2, 0) is 6.54 Å². The molecular weight excluding hydrogens is 234 g/mol. The molecule has 1 aromatic heterocycles. The van der Waals surface area contributed by atoms with Crippen LogP contribution in [0.1, 0.15) is 45.0 Å². The molecule has 1 rings (SSSR count). The first-order chi connectivity index (χ1) is 9.02. The third-order valence-electron chi connectivity index (χ3n) is 3.55. The molecule has 2 unspecified atom stereocenters. The Morgan fingerprint density at radius 1 is 1.32 bits per heavy atom. The molecule has 0 amide bonds. The van der Waals surface area contributed by atoms with Gasteiger partial charge in [0, 0.05) is 24.3 Å². The lowest BCUT2D eigenvalue weighted by Gasteiger charge is -2.27. The minimum Gasteiger partial charge on any atom is -0.314 e. The first kappa shape index (κ1) is 16.1. The van der Waals surface area contributed by atoms with Crippen LogP contribution in [0.3, 0.4) is 0 Å². The fourth-order valence-electron chi connectivity index (χ4n) is 2.26. The van der Waals surface area contributed by atoms with Gasteiger partial charge in [0.15, 0.2) is 0 Å². The number of aryl methyl sites for hydroxylation is 1. The Balaban J connectivity index is 2.41. The molecule has 0 aliphatic carbocycles. The predicted molar refractivity (Wildman–Crippen MR) is 82.3 cm³/mol. The van der Waals surface area contributed by atoms with Crippen molar-refractivity contribution in [3.05, 3.63) is 29.6 Å². The average molecular weight is 263 g/mol. The van der Waals surface area contributed by atoms with E-state index in [1.54, 1.807) is 0 Å². The molecule has 108 valence electrons. The minimum absolute atomic E-state index is 0.557. The van der Waals surface area contributed by atoms with Gasteiger partial charge in [-0.2, -0.15) is 0 Å². The maximum atomic E-state index is 4.57. The van der Waals surface area contributed by atoms with Crippen molar-refractivity contribution in [3.63, 3.8) is 0 Å². The molecule has 0 spiro atoms. The number of aromatic nitrogens is 1. The lowest BCUT2D eigenvalue weighted by molar-refractivity contribution is 0.220. The number of nitrogens with one attached hydrogen (secondary N) is 1. The van der Waals surface area contributed by atoms with E-state index in [-0.39, 0.29) is 0 Å². The van der Waals surface area contributed by atoms with Crippen molar-refractivity contribution in [1.82, 2.24) is 15.2 Å². The molecule has 0 saturated carbocycles. The van der Waals surface area contributed by atoms with Gasteiger partial charge in [-0.1, -0.05) is 13.0 Å². The maximum absolute atomic E-state index is 4.57. The molecule has 2 atom stereocenters. The number of nitrogens with zero attached hydrogens (tertiary/aromatic N) is 2. The van der Waals surface area contributed by atoms with Crippen LogP contribution >= 0.6 is 0 Å². The monoisotopic (exact) mass is 263 g/mol. The van der Waals surface area contributed by atoms with Crippen LogP contribution in [0.4, 0.5) is 0 Å². The van der Waals surface area contributed by atoms with E-state index in [1.165, 1.54) is 12.8 Å². The quantitative estimate of drug-likeness (QED) is 0.781. The lowest BCUT2D eigenvalue weighted by Crippen LogP contribution is -2.36. The normalized spacial score (nSPS) is 14.6. The minimum atomic E-state index is 0.557. The van der Waals surface area contributed by atoms with Gasteiger partial charge in [-0.05, 0) is 59.3 Å². The van der Waals surface area contributed by atoms with Crippen molar-refractivity contribution in [2.24, 2.45) is 0 Å². The van der Waals surface area contributed by atoms with Crippen molar-refractivity contribution >= 4 is 0 Å². The largest absolute Gasteiger partial charge is 0.314 e. The van der Waals surface area contributed by atoms with Crippen LogP contribution < -0.4 is 5.32 Å². The molecule has 0 aliphatic rings. The highest BCUT2D eigenvalue weighted by molar-refractivity contribution is 5.09. The Bertz CT molecular complexity index is 365. The van der Waals surface area contributed by atoms with Gasteiger partial charge in [-0.15, -0.1) is 0 Å². The maximum Gasteiger partial charge on any atom is 0.0547 e. The molecule has 0 saturated heterocycles. The Morgan fingerprint density at radius 2 is 2.05 bits per heavy atom. The molecule has 1 heterocycles. The first-order valence-electron chi connectivity index (χ1n) is 7.39. The molecule has 1 N–H and O–H groups in total. The van der Waals surface area contributed by atoms with Gasteiger partial charge < -0.3 is 5.32 Å². The van der Waals surface area contributed by atoms with E-state index < -0.39 is 0 Å². The smallest absolute Gasteiger partial charge is 0.0547 e. The first-order valence-corrected chi connectivity index (χ1v) is 7.39. The van der Waals surface area contributed by atoms with Gasteiger partial charge in [0.05, 0.1) is 5.69 Å². The fourth-order valence-corrected chi connectivity index (χ4v) is 2.26. The van der Waals surface area contributed by atoms with Crippen LogP contribution in [0.25, 0.3) is 0 Å². The summed E-state index contributed by atoms with van der Waals surface area (Å²) < 4.78 is 0. The summed E-state index contributed by atoms with van der Waals surface area (Å²) in [4.78, 5) is 6.95. The summed E-state index contributed by atoms with van der Waals surface area (Å²) in [6.45, 7) is 10.8. The van der Waals surface area contributed by atoms with Crippen LogP contribution in [-0.4, -0.2) is 35.6 Å². The van der Waals surface area contributed by atoms with Gasteiger partial charge in [-0.25, -0.2) is 0 Å². The summed E-state index contributed by atoms with van der Waals surface area (Å²) >= 11 is 0. The van der Waals surface area contributed by atoms with Crippen LogP contribution in [0.15, 0.2) is 18.2 Å². The van der Waals surface area contributed by atoms with Gasteiger partial charge in [-0.3, -0.25) is 9.88 Å². The number of pyridine rings is 1. The van der Waals surface area contributed by atoms with Crippen LogP contribution in [0.2, 0.25) is 0 Å². The highest BCUT2D eigenvalue weighted by Crippen LogP contribution is 2.09. The van der Waals surface area contributed by atoms with Gasteiger partial charge in [0.25, 0.3) is 0 Å². The number of hydrogen-bond acceptors (Lipinski definition) is 3. The van der Waals surface area contributed by atoms with E-state index in [2.05, 4.69) is 55.2 Å². The van der Waals surface area contributed by atoms with E-state index in [1.807, 2.05) is 13.0 Å².